The van der Waals surface area contributed by atoms with Crippen LogP contribution in [0.25, 0.3) is 6.08 Å². The van der Waals surface area contributed by atoms with Crippen LogP contribution >= 0.6 is 23.4 Å². The van der Waals surface area contributed by atoms with Gasteiger partial charge in [-0.2, -0.15) is 19.1 Å². The summed E-state index contributed by atoms with van der Waals surface area (Å²) in [5, 5.41) is 15.8. The first-order chi connectivity index (χ1) is 12.0. The number of aromatic nitrogens is 2. The van der Waals surface area contributed by atoms with Gasteiger partial charge in [-0.05, 0) is 30.3 Å². The minimum absolute atomic E-state index is 0.101. The summed E-state index contributed by atoms with van der Waals surface area (Å²) >= 11 is 6.04. The van der Waals surface area contributed by atoms with Gasteiger partial charge in [0.1, 0.15) is 11.6 Å². The van der Waals surface area contributed by atoms with Gasteiger partial charge in [-0.3, -0.25) is 9.48 Å². The Labute approximate surface area is 152 Å². The molecule has 2 aromatic rings. The summed E-state index contributed by atoms with van der Waals surface area (Å²) in [6, 6.07) is 7.77. The molecule has 0 radical (unpaired) electrons. The van der Waals surface area contributed by atoms with E-state index in [1.807, 2.05) is 6.07 Å². The SMILES string of the molecule is N#CC(=Cc1cnn(CCCl)c1)C(=O)Nc1ccc(SC(F)F)cc1. The molecular formula is C16H13ClF2N4OS. The number of nitriles is 1. The van der Waals surface area contributed by atoms with Crippen LogP contribution in [0.3, 0.4) is 0 Å². The van der Waals surface area contributed by atoms with Crippen molar-refractivity contribution in [1.29, 1.82) is 5.26 Å². The first kappa shape index (κ1) is 19.0. The zero-order valence-corrected chi connectivity index (χ0v) is 14.4. The average Bonchev–Trinajstić information content (AvgIpc) is 3.01. The van der Waals surface area contributed by atoms with Gasteiger partial charge in [-0.1, -0.05) is 11.8 Å². The second-order valence-electron chi connectivity index (χ2n) is 4.75. The number of alkyl halides is 3. The highest BCUT2D eigenvalue weighted by Gasteiger charge is 2.11. The van der Waals surface area contributed by atoms with Crippen molar-refractivity contribution in [3.05, 3.63) is 47.8 Å². The molecule has 0 fully saturated rings. The predicted molar refractivity (Wildman–Crippen MR) is 93.5 cm³/mol. The van der Waals surface area contributed by atoms with Gasteiger partial charge in [0, 0.05) is 28.2 Å². The molecule has 0 aliphatic rings. The largest absolute Gasteiger partial charge is 0.321 e. The number of aryl methyl sites for hydroxylation is 1. The number of benzene rings is 1. The molecule has 2 rings (SSSR count). The average molecular weight is 383 g/mol. The molecule has 1 heterocycles. The van der Waals surface area contributed by atoms with Gasteiger partial charge in [0.25, 0.3) is 11.7 Å². The number of anilines is 1. The Bertz CT molecular complexity index is 799. The molecule has 0 aliphatic heterocycles. The van der Waals surface area contributed by atoms with E-state index in [4.69, 9.17) is 11.6 Å². The van der Waals surface area contributed by atoms with E-state index in [0.717, 1.165) is 0 Å². The first-order valence-corrected chi connectivity index (χ1v) is 8.49. The number of carbonyl (C=O) groups excluding carboxylic acids is 1. The fourth-order valence-corrected chi connectivity index (χ4v) is 2.57. The Hall–Kier alpha value is -2.37. The summed E-state index contributed by atoms with van der Waals surface area (Å²) in [4.78, 5) is 12.6. The Morgan fingerprint density at radius 3 is 2.76 bits per heavy atom. The molecule has 0 saturated heterocycles. The van der Waals surface area contributed by atoms with Crippen molar-refractivity contribution >= 4 is 41.0 Å². The molecule has 1 aromatic carbocycles. The molecule has 0 spiro atoms. The lowest BCUT2D eigenvalue weighted by atomic mass is 10.2. The number of hydrogen-bond donors (Lipinski definition) is 1. The van der Waals surface area contributed by atoms with E-state index in [9.17, 15) is 18.8 Å². The maximum absolute atomic E-state index is 12.3. The monoisotopic (exact) mass is 382 g/mol. The predicted octanol–water partition coefficient (Wildman–Crippen LogP) is 3.98. The summed E-state index contributed by atoms with van der Waals surface area (Å²) in [6.45, 7) is 0.520. The van der Waals surface area contributed by atoms with Crippen LogP contribution in [-0.2, 0) is 11.3 Å². The van der Waals surface area contributed by atoms with Crippen LogP contribution in [0.5, 0.6) is 0 Å². The topological polar surface area (TPSA) is 70.7 Å². The number of carbonyl (C=O) groups is 1. The lowest BCUT2D eigenvalue weighted by Gasteiger charge is -2.05. The van der Waals surface area contributed by atoms with E-state index >= 15 is 0 Å². The van der Waals surface area contributed by atoms with Gasteiger partial charge in [0.15, 0.2) is 0 Å². The van der Waals surface area contributed by atoms with Gasteiger partial charge < -0.3 is 5.32 Å². The quantitative estimate of drug-likeness (QED) is 0.340. The molecule has 0 aliphatic carbocycles. The standard InChI is InChI=1S/C16H13ClF2N4OS/c17-5-6-23-10-11(9-21-23)7-12(8-20)15(24)22-13-1-3-14(4-2-13)25-16(18)19/h1-4,7,9-10,16H,5-6H2,(H,22,24). The molecule has 0 bridgehead atoms. The maximum Gasteiger partial charge on any atom is 0.288 e. The Kier molecular flexibility index (Phi) is 6.98. The normalized spacial score (nSPS) is 11.4. The molecule has 25 heavy (non-hydrogen) atoms. The van der Waals surface area contributed by atoms with Crippen LogP contribution < -0.4 is 5.32 Å². The molecule has 0 unspecified atom stereocenters. The first-order valence-electron chi connectivity index (χ1n) is 7.08. The van der Waals surface area contributed by atoms with Gasteiger partial charge >= 0.3 is 0 Å². The van der Waals surface area contributed by atoms with E-state index in [1.54, 1.807) is 10.9 Å². The number of halogens is 3. The van der Waals surface area contributed by atoms with Crippen molar-refractivity contribution < 1.29 is 13.6 Å². The summed E-state index contributed by atoms with van der Waals surface area (Å²) < 4.78 is 26.2. The Balaban J connectivity index is 2.06. The highest BCUT2D eigenvalue weighted by Crippen LogP contribution is 2.26. The summed E-state index contributed by atoms with van der Waals surface area (Å²) in [5.74, 6) is -2.70. The van der Waals surface area contributed by atoms with Crippen LogP contribution in [0.4, 0.5) is 14.5 Å². The fourth-order valence-electron chi connectivity index (χ4n) is 1.90. The molecule has 1 amide bonds. The lowest BCUT2D eigenvalue weighted by Crippen LogP contribution is -2.13. The van der Waals surface area contributed by atoms with Gasteiger partial charge in [-0.15, -0.1) is 11.6 Å². The van der Waals surface area contributed by atoms with Crippen LogP contribution in [0, 0.1) is 11.3 Å². The number of rotatable bonds is 7. The lowest BCUT2D eigenvalue weighted by molar-refractivity contribution is -0.112. The van der Waals surface area contributed by atoms with Gasteiger partial charge in [0.05, 0.1) is 12.7 Å². The summed E-state index contributed by atoms with van der Waals surface area (Å²) in [6.07, 6.45) is 4.60. The Morgan fingerprint density at radius 1 is 1.44 bits per heavy atom. The van der Waals surface area contributed by atoms with Crippen LogP contribution in [0.15, 0.2) is 47.1 Å². The molecule has 9 heteroatoms. The second kappa shape index (κ2) is 9.20. The number of thioether (sulfide) groups is 1. The fraction of sp³-hybridized carbons (Fsp3) is 0.188. The summed E-state index contributed by atoms with van der Waals surface area (Å²) in [7, 11) is 0. The van der Waals surface area contributed by atoms with Crippen molar-refractivity contribution in [3.8, 4) is 6.07 Å². The van der Waals surface area contributed by atoms with Crippen LogP contribution in [-0.4, -0.2) is 27.3 Å². The molecule has 0 atom stereocenters. The zero-order valence-electron chi connectivity index (χ0n) is 12.8. The Morgan fingerprint density at radius 2 is 2.16 bits per heavy atom. The minimum atomic E-state index is -2.51. The highest BCUT2D eigenvalue weighted by molar-refractivity contribution is 7.99. The van der Waals surface area contributed by atoms with Crippen molar-refractivity contribution in [3.63, 3.8) is 0 Å². The van der Waals surface area contributed by atoms with E-state index in [1.165, 1.54) is 36.5 Å². The maximum atomic E-state index is 12.3. The number of hydrogen-bond acceptors (Lipinski definition) is 4. The minimum Gasteiger partial charge on any atom is -0.321 e. The van der Waals surface area contributed by atoms with E-state index in [0.29, 0.717) is 40.3 Å². The van der Waals surface area contributed by atoms with Crippen molar-refractivity contribution in [2.75, 3.05) is 11.2 Å². The number of nitrogens with one attached hydrogen (secondary N) is 1. The van der Waals surface area contributed by atoms with Crippen LogP contribution in [0.1, 0.15) is 5.56 Å². The van der Waals surface area contributed by atoms with Gasteiger partial charge in [0.2, 0.25) is 0 Å². The van der Waals surface area contributed by atoms with E-state index in [2.05, 4.69) is 10.4 Å². The van der Waals surface area contributed by atoms with Gasteiger partial charge in [-0.25, -0.2) is 0 Å². The molecule has 130 valence electrons. The second-order valence-corrected chi connectivity index (χ2v) is 6.19. The number of nitrogens with zero attached hydrogens (tertiary/aromatic N) is 3. The third-order valence-corrected chi connectivity index (χ3v) is 3.87. The van der Waals surface area contributed by atoms with Crippen LogP contribution in [0.2, 0.25) is 0 Å². The van der Waals surface area contributed by atoms with Crippen molar-refractivity contribution in [1.82, 2.24) is 9.78 Å². The summed E-state index contributed by atoms with van der Waals surface area (Å²) in [5.41, 5.74) is 0.902. The molecule has 5 nitrogen and oxygen atoms in total. The number of amides is 1. The zero-order chi connectivity index (χ0) is 18.2. The van der Waals surface area contributed by atoms with E-state index in [-0.39, 0.29) is 5.57 Å². The molecular weight excluding hydrogens is 370 g/mol. The third-order valence-electron chi connectivity index (χ3n) is 2.98. The van der Waals surface area contributed by atoms with Crippen molar-refractivity contribution in [2.24, 2.45) is 0 Å². The molecule has 0 saturated carbocycles. The smallest absolute Gasteiger partial charge is 0.288 e. The third kappa shape index (κ3) is 5.89. The molecule has 1 aromatic heterocycles. The van der Waals surface area contributed by atoms with Crippen molar-refractivity contribution in [2.45, 2.75) is 17.2 Å². The van der Waals surface area contributed by atoms with E-state index < -0.39 is 11.7 Å². The molecule has 1 N–H and O–H groups in total. The highest BCUT2D eigenvalue weighted by atomic mass is 35.5.